The first-order valence-electron chi connectivity index (χ1n) is 9.92. The summed E-state index contributed by atoms with van der Waals surface area (Å²) in [7, 11) is 0. The molecule has 0 N–H and O–H groups in total. The molecule has 0 unspecified atom stereocenters. The maximum atomic E-state index is 13.0. The van der Waals surface area contributed by atoms with E-state index in [0.717, 1.165) is 47.5 Å². The molecule has 0 aliphatic carbocycles. The number of amides is 1. The molecule has 1 aliphatic heterocycles. The van der Waals surface area contributed by atoms with Gasteiger partial charge in [0.05, 0.1) is 11.3 Å². The first-order chi connectivity index (χ1) is 13.9. The lowest BCUT2D eigenvalue weighted by Gasteiger charge is -2.31. The minimum absolute atomic E-state index is 0.0755. The normalized spacial score (nSPS) is 12.8. The highest BCUT2D eigenvalue weighted by Gasteiger charge is 2.34. The van der Waals surface area contributed by atoms with Crippen molar-refractivity contribution in [2.45, 2.75) is 58.7 Å². The van der Waals surface area contributed by atoms with Crippen molar-refractivity contribution in [1.29, 1.82) is 0 Å². The van der Waals surface area contributed by atoms with Crippen molar-refractivity contribution >= 4 is 23.4 Å². The molecule has 0 saturated heterocycles. The highest BCUT2D eigenvalue weighted by atomic mass is 32.2. The van der Waals surface area contributed by atoms with Crippen LogP contribution in [0.3, 0.4) is 0 Å². The number of hydrogen-bond donors (Lipinski definition) is 0. The zero-order valence-corrected chi connectivity index (χ0v) is 18.5. The molecule has 2 heterocycles. The lowest BCUT2D eigenvalue weighted by Crippen LogP contribution is -2.37. The molecule has 0 atom stereocenters. The summed E-state index contributed by atoms with van der Waals surface area (Å²) in [6.07, 6.45) is -1.41. The van der Waals surface area contributed by atoms with Crippen LogP contribution in [-0.4, -0.2) is 23.2 Å². The third-order valence-electron chi connectivity index (χ3n) is 4.13. The Labute approximate surface area is 175 Å². The number of aryl methyl sites for hydroxylation is 2. The van der Waals surface area contributed by atoms with Gasteiger partial charge in [-0.25, -0.2) is 4.98 Å². The summed E-state index contributed by atoms with van der Waals surface area (Å²) < 4.78 is 39.1. The second-order valence-electron chi connectivity index (χ2n) is 5.87. The summed E-state index contributed by atoms with van der Waals surface area (Å²) in [6, 6.07) is 8.13. The van der Waals surface area contributed by atoms with E-state index in [1.165, 1.54) is 12.3 Å². The first-order valence-corrected chi connectivity index (χ1v) is 10.9. The number of rotatable bonds is 3. The van der Waals surface area contributed by atoms with Crippen LogP contribution >= 0.6 is 11.8 Å². The van der Waals surface area contributed by atoms with Gasteiger partial charge in [-0.05, 0) is 43.0 Å². The number of anilines is 1. The molecule has 2 aromatic rings. The van der Waals surface area contributed by atoms with Gasteiger partial charge in [-0.1, -0.05) is 57.7 Å². The van der Waals surface area contributed by atoms with Crippen LogP contribution in [0.2, 0.25) is 0 Å². The Balaban J connectivity index is 0.000000989. The molecule has 1 aromatic carbocycles. The second kappa shape index (κ2) is 11.9. The van der Waals surface area contributed by atoms with E-state index < -0.39 is 11.7 Å². The third-order valence-corrected chi connectivity index (χ3v) is 5.12. The fraction of sp³-hybridized carbons (Fsp3) is 0.455. The zero-order valence-electron chi connectivity index (χ0n) is 17.6. The van der Waals surface area contributed by atoms with E-state index in [2.05, 4.69) is 4.98 Å². The Morgan fingerprint density at radius 2 is 1.83 bits per heavy atom. The number of halogens is 3. The van der Waals surface area contributed by atoms with Gasteiger partial charge in [0.1, 0.15) is 5.03 Å². The molecule has 29 heavy (non-hydrogen) atoms. The van der Waals surface area contributed by atoms with Crippen molar-refractivity contribution < 1.29 is 18.0 Å². The maximum Gasteiger partial charge on any atom is 0.419 e. The van der Waals surface area contributed by atoms with Crippen molar-refractivity contribution in [3.63, 3.8) is 0 Å². The van der Waals surface area contributed by atoms with E-state index in [0.29, 0.717) is 6.54 Å². The van der Waals surface area contributed by atoms with Gasteiger partial charge in [0.25, 0.3) is 0 Å². The topological polar surface area (TPSA) is 33.2 Å². The number of aromatic nitrogens is 1. The molecule has 160 valence electrons. The summed E-state index contributed by atoms with van der Waals surface area (Å²) in [5, 5.41) is -0.162. The molecule has 1 aliphatic rings. The molecule has 3 nitrogen and oxygen atoms in total. The summed E-state index contributed by atoms with van der Waals surface area (Å²) >= 11 is 0.834. The number of pyridine rings is 1. The van der Waals surface area contributed by atoms with Crippen molar-refractivity contribution in [3.05, 3.63) is 53.2 Å². The van der Waals surface area contributed by atoms with Crippen LogP contribution in [0.25, 0.3) is 0 Å². The van der Waals surface area contributed by atoms with Crippen LogP contribution in [0.5, 0.6) is 0 Å². The molecular weight excluding hydrogens is 397 g/mol. The van der Waals surface area contributed by atoms with Crippen LogP contribution in [0, 0.1) is 6.92 Å². The SMILES string of the molecule is CC.CC.Cc1cccc2c1N(C(=O)CSc1ncccc1C(F)(F)F)CCC2. The molecule has 0 spiro atoms. The molecule has 0 bridgehead atoms. The molecule has 0 fully saturated rings. The monoisotopic (exact) mass is 426 g/mol. The number of benzene rings is 1. The lowest BCUT2D eigenvalue weighted by atomic mass is 9.98. The van der Waals surface area contributed by atoms with E-state index in [-0.39, 0.29) is 16.7 Å². The average molecular weight is 427 g/mol. The summed E-state index contributed by atoms with van der Waals surface area (Å²) in [4.78, 5) is 18.1. The van der Waals surface area contributed by atoms with Gasteiger partial charge in [-0.2, -0.15) is 13.2 Å². The van der Waals surface area contributed by atoms with Crippen molar-refractivity contribution in [1.82, 2.24) is 4.98 Å². The molecule has 0 saturated carbocycles. The van der Waals surface area contributed by atoms with Gasteiger partial charge >= 0.3 is 6.18 Å². The Bertz CT molecular complexity index is 794. The van der Waals surface area contributed by atoms with Gasteiger partial charge in [0.2, 0.25) is 5.91 Å². The van der Waals surface area contributed by atoms with E-state index in [1.807, 2.05) is 52.8 Å². The number of nitrogens with zero attached hydrogens (tertiary/aromatic N) is 2. The van der Waals surface area contributed by atoms with Crippen molar-refractivity contribution in [3.8, 4) is 0 Å². The Morgan fingerprint density at radius 3 is 2.48 bits per heavy atom. The minimum atomic E-state index is -4.48. The number of para-hydroxylation sites is 1. The first kappa shape index (κ1) is 25.0. The van der Waals surface area contributed by atoms with Gasteiger partial charge in [-0.3, -0.25) is 4.79 Å². The van der Waals surface area contributed by atoms with E-state index in [9.17, 15) is 18.0 Å². The smallest absolute Gasteiger partial charge is 0.311 e. The molecule has 1 aromatic heterocycles. The van der Waals surface area contributed by atoms with Crippen molar-refractivity contribution in [2.75, 3.05) is 17.2 Å². The highest BCUT2D eigenvalue weighted by Crippen LogP contribution is 2.36. The summed E-state index contributed by atoms with van der Waals surface area (Å²) in [5.41, 5.74) is 2.21. The summed E-state index contributed by atoms with van der Waals surface area (Å²) in [5.74, 6) is -0.271. The number of carbonyl (C=O) groups excluding carboxylic acids is 1. The molecular formula is C22H29F3N2OS. The highest BCUT2D eigenvalue weighted by molar-refractivity contribution is 8.00. The maximum absolute atomic E-state index is 13.0. The quantitative estimate of drug-likeness (QED) is 0.523. The van der Waals surface area contributed by atoms with Gasteiger partial charge in [0.15, 0.2) is 0 Å². The number of thioether (sulfide) groups is 1. The van der Waals surface area contributed by atoms with E-state index in [4.69, 9.17) is 0 Å². The lowest BCUT2D eigenvalue weighted by molar-refractivity contribution is -0.140. The van der Waals surface area contributed by atoms with Gasteiger partial charge in [-0.15, -0.1) is 0 Å². The zero-order chi connectivity index (χ0) is 22.0. The van der Waals surface area contributed by atoms with E-state index >= 15 is 0 Å². The Hall–Kier alpha value is -2.02. The second-order valence-corrected chi connectivity index (χ2v) is 6.84. The minimum Gasteiger partial charge on any atom is -0.311 e. The predicted molar refractivity (Wildman–Crippen MR) is 115 cm³/mol. The van der Waals surface area contributed by atoms with Crippen LogP contribution in [-0.2, 0) is 17.4 Å². The van der Waals surface area contributed by atoms with Gasteiger partial charge in [0, 0.05) is 18.4 Å². The third kappa shape index (κ3) is 6.49. The largest absolute Gasteiger partial charge is 0.419 e. The van der Waals surface area contributed by atoms with Crippen LogP contribution in [0.4, 0.5) is 18.9 Å². The predicted octanol–water partition coefficient (Wildman–Crippen LogP) is 6.53. The Morgan fingerprint density at radius 1 is 1.14 bits per heavy atom. The van der Waals surface area contributed by atoms with Crippen LogP contribution in [0.1, 0.15) is 50.8 Å². The fourth-order valence-electron chi connectivity index (χ4n) is 3.03. The van der Waals surface area contributed by atoms with Crippen LogP contribution in [0.15, 0.2) is 41.6 Å². The molecule has 1 amide bonds. The number of fused-ring (bicyclic) bond motifs is 1. The number of hydrogen-bond acceptors (Lipinski definition) is 3. The fourth-order valence-corrected chi connectivity index (χ4v) is 3.92. The van der Waals surface area contributed by atoms with Crippen LogP contribution < -0.4 is 4.90 Å². The summed E-state index contributed by atoms with van der Waals surface area (Å²) in [6.45, 7) is 10.5. The number of carbonyl (C=O) groups is 1. The Kier molecular flexibility index (Phi) is 10.2. The average Bonchev–Trinajstić information content (AvgIpc) is 2.74. The van der Waals surface area contributed by atoms with Crippen molar-refractivity contribution in [2.24, 2.45) is 0 Å². The molecule has 3 rings (SSSR count). The molecule has 7 heteroatoms. The van der Waals surface area contributed by atoms with E-state index in [1.54, 1.807) is 4.90 Å². The number of alkyl halides is 3. The molecule has 0 radical (unpaired) electrons. The van der Waals surface area contributed by atoms with Gasteiger partial charge < -0.3 is 4.90 Å². The standard InChI is InChI=1S/C18H17F3N2OS.2C2H6/c1-12-5-2-6-13-7-4-10-23(16(12)13)15(24)11-25-17-14(18(19,20)21)8-3-9-22-17;2*1-2/h2-3,5-6,8-9H,4,7,10-11H2,1H3;2*1-2H3.